The highest BCUT2D eigenvalue weighted by molar-refractivity contribution is 7.89. The van der Waals surface area contributed by atoms with Crippen molar-refractivity contribution in [3.05, 3.63) is 66.7 Å². The van der Waals surface area contributed by atoms with Gasteiger partial charge in [0.1, 0.15) is 0 Å². The SMILES string of the molecule is CC(C)CC(=O)Nc1ccc(NC(=O)C2CCN(S(=O)(=O)c3ccc4ccccc4c3)CC2)cc1. The van der Waals surface area contributed by atoms with Crippen molar-refractivity contribution < 1.29 is 18.0 Å². The van der Waals surface area contributed by atoms with Crippen molar-refractivity contribution in [1.82, 2.24) is 4.31 Å². The van der Waals surface area contributed by atoms with Gasteiger partial charge in [0.2, 0.25) is 21.8 Å². The Labute approximate surface area is 206 Å². The van der Waals surface area contributed by atoms with Gasteiger partial charge < -0.3 is 10.6 Å². The highest BCUT2D eigenvalue weighted by Gasteiger charge is 2.32. The number of rotatable bonds is 7. The van der Waals surface area contributed by atoms with E-state index < -0.39 is 10.0 Å². The van der Waals surface area contributed by atoms with Crippen LogP contribution in [-0.4, -0.2) is 37.6 Å². The summed E-state index contributed by atoms with van der Waals surface area (Å²) < 4.78 is 27.8. The van der Waals surface area contributed by atoms with E-state index in [9.17, 15) is 18.0 Å². The number of benzene rings is 3. The van der Waals surface area contributed by atoms with E-state index in [-0.39, 0.29) is 28.5 Å². The Kier molecular flexibility index (Phi) is 7.52. The Hall–Kier alpha value is -3.23. The molecule has 3 aromatic rings. The van der Waals surface area contributed by atoms with Gasteiger partial charge in [0.25, 0.3) is 0 Å². The molecule has 0 unspecified atom stereocenters. The first-order chi connectivity index (χ1) is 16.7. The second-order valence-electron chi connectivity index (χ2n) is 9.40. The normalized spacial score (nSPS) is 15.3. The van der Waals surface area contributed by atoms with Crippen LogP contribution in [0.4, 0.5) is 11.4 Å². The van der Waals surface area contributed by atoms with Crippen molar-refractivity contribution in [2.24, 2.45) is 11.8 Å². The number of carbonyl (C=O) groups is 2. The Morgan fingerprint density at radius 2 is 1.49 bits per heavy atom. The molecule has 0 spiro atoms. The van der Waals surface area contributed by atoms with Crippen molar-refractivity contribution in [3.8, 4) is 0 Å². The fourth-order valence-electron chi connectivity index (χ4n) is 4.30. The minimum absolute atomic E-state index is 0.0396. The molecular weight excluding hydrogens is 462 g/mol. The molecule has 1 heterocycles. The number of nitrogens with one attached hydrogen (secondary N) is 2. The van der Waals surface area contributed by atoms with E-state index in [1.807, 2.05) is 44.2 Å². The standard InChI is InChI=1S/C27H31N3O4S/c1-19(2)17-26(31)28-23-8-10-24(11-9-23)29-27(32)21-13-15-30(16-14-21)35(33,34)25-12-7-20-5-3-4-6-22(20)18-25/h3-12,18-19,21H,13-17H2,1-2H3,(H,28,31)(H,29,32). The van der Waals surface area contributed by atoms with E-state index in [4.69, 9.17) is 0 Å². The summed E-state index contributed by atoms with van der Waals surface area (Å²) in [5.74, 6) is -0.141. The third-order valence-corrected chi connectivity index (χ3v) is 8.11. The third-order valence-electron chi connectivity index (χ3n) is 6.21. The topological polar surface area (TPSA) is 95.6 Å². The summed E-state index contributed by atoms with van der Waals surface area (Å²) in [6, 6.07) is 19.9. The minimum Gasteiger partial charge on any atom is -0.326 e. The first kappa shape index (κ1) is 24.9. The summed E-state index contributed by atoms with van der Waals surface area (Å²) >= 11 is 0. The van der Waals surface area contributed by atoms with Gasteiger partial charge in [-0.1, -0.05) is 44.2 Å². The van der Waals surface area contributed by atoms with Gasteiger partial charge in [0, 0.05) is 36.8 Å². The molecule has 0 aliphatic carbocycles. The first-order valence-electron chi connectivity index (χ1n) is 11.9. The largest absolute Gasteiger partial charge is 0.326 e. The van der Waals surface area contributed by atoms with Crippen LogP contribution in [-0.2, 0) is 19.6 Å². The molecule has 35 heavy (non-hydrogen) atoms. The molecule has 0 saturated carbocycles. The number of fused-ring (bicyclic) bond motifs is 1. The van der Waals surface area contributed by atoms with E-state index >= 15 is 0 Å². The molecule has 2 amide bonds. The van der Waals surface area contributed by atoms with Crippen molar-refractivity contribution in [3.63, 3.8) is 0 Å². The third kappa shape index (κ3) is 6.07. The summed E-state index contributed by atoms with van der Waals surface area (Å²) in [4.78, 5) is 25.0. The molecule has 1 aliphatic rings. The van der Waals surface area contributed by atoms with Gasteiger partial charge in [0.15, 0.2) is 0 Å². The summed E-state index contributed by atoms with van der Waals surface area (Å²) in [6.07, 6.45) is 1.37. The summed E-state index contributed by atoms with van der Waals surface area (Å²) in [5, 5.41) is 7.63. The summed E-state index contributed by atoms with van der Waals surface area (Å²) in [5.41, 5.74) is 1.32. The zero-order valence-electron chi connectivity index (χ0n) is 20.0. The van der Waals surface area contributed by atoms with Crippen LogP contribution >= 0.6 is 0 Å². The van der Waals surface area contributed by atoms with E-state index in [2.05, 4.69) is 10.6 Å². The van der Waals surface area contributed by atoms with Gasteiger partial charge >= 0.3 is 0 Å². The van der Waals surface area contributed by atoms with E-state index in [1.54, 1.807) is 36.4 Å². The molecule has 7 nitrogen and oxygen atoms in total. The summed E-state index contributed by atoms with van der Waals surface area (Å²) in [6.45, 7) is 4.57. The maximum Gasteiger partial charge on any atom is 0.243 e. The zero-order chi connectivity index (χ0) is 25.0. The molecule has 2 N–H and O–H groups in total. The van der Waals surface area contributed by atoms with E-state index in [0.29, 0.717) is 43.7 Å². The molecule has 0 bridgehead atoms. The number of sulfonamides is 1. The molecule has 3 aromatic carbocycles. The summed E-state index contributed by atoms with van der Waals surface area (Å²) in [7, 11) is -3.62. The number of carbonyl (C=O) groups excluding carboxylic acids is 2. The predicted octanol–water partition coefficient (Wildman–Crippen LogP) is 4.86. The molecule has 0 aromatic heterocycles. The van der Waals surface area contributed by atoms with Crippen LogP contribution in [0.3, 0.4) is 0 Å². The van der Waals surface area contributed by atoms with Crippen LogP contribution < -0.4 is 10.6 Å². The fourth-order valence-corrected chi connectivity index (χ4v) is 5.80. The first-order valence-corrected chi connectivity index (χ1v) is 13.4. The van der Waals surface area contributed by atoms with Crippen LogP contribution in [0.5, 0.6) is 0 Å². The van der Waals surface area contributed by atoms with Crippen molar-refractivity contribution in [2.45, 2.75) is 38.0 Å². The molecule has 8 heteroatoms. The molecule has 184 valence electrons. The monoisotopic (exact) mass is 493 g/mol. The van der Waals surface area contributed by atoms with Gasteiger partial charge in [-0.3, -0.25) is 9.59 Å². The van der Waals surface area contributed by atoms with Crippen LogP contribution in [0, 0.1) is 11.8 Å². The molecule has 1 saturated heterocycles. The van der Waals surface area contributed by atoms with Crippen LogP contribution in [0.25, 0.3) is 10.8 Å². The highest BCUT2D eigenvalue weighted by Crippen LogP contribution is 2.27. The van der Waals surface area contributed by atoms with Crippen LogP contribution in [0.15, 0.2) is 71.6 Å². The molecule has 1 aliphatic heterocycles. The number of hydrogen-bond donors (Lipinski definition) is 2. The Morgan fingerprint density at radius 3 is 2.11 bits per heavy atom. The quantitative estimate of drug-likeness (QED) is 0.491. The van der Waals surface area contributed by atoms with Crippen molar-refractivity contribution in [1.29, 1.82) is 0 Å². The van der Waals surface area contributed by atoms with Crippen molar-refractivity contribution >= 4 is 44.0 Å². The lowest BCUT2D eigenvalue weighted by Crippen LogP contribution is -2.41. The maximum absolute atomic E-state index is 13.2. The highest BCUT2D eigenvalue weighted by atomic mass is 32.2. The Morgan fingerprint density at radius 1 is 0.886 bits per heavy atom. The number of piperidine rings is 1. The molecule has 4 rings (SSSR count). The molecule has 1 fully saturated rings. The predicted molar refractivity (Wildman–Crippen MR) is 139 cm³/mol. The minimum atomic E-state index is -3.62. The smallest absolute Gasteiger partial charge is 0.243 e. The van der Waals surface area contributed by atoms with E-state index in [1.165, 1.54) is 4.31 Å². The lowest BCUT2D eigenvalue weighted by molar-refractivity contribution is -0.121. The number of hydrogen-bond acceptors (Lipinski definition) is 4. The number of nitrogens with zero attached hydrogens (tertiary/aromatic N) is 1. The van der Waals surface area contributed by atoms with Gasteiger partial charge in [-0.15, -0.1) is 0 Å². The fraction of sp³-hybridized carbons (Fsp3) is 0.333. The lowest BCUT2D eigenvalue weighted by Gasteiger charge is -2.30. The molecule has 0 atom stereocenters. The average molecular weight is 494 g/mol. The maximum atomic E-state index is 13.2. The number of anilines is 2. The number of amides is 2. The molecular formula is C27H31N3O4S. The van der Waals surface area contributed by atoms with Crippen LogP contribution in [0.2, 0.25) is 0 Å². The lowest BCUT2D eigenvalue weighted by atomic mass is 9.97. The Balaban J connectivity index is 1.32. The van der Waals surface area contributed by atoms with Gasteiger partial charge in [-0.25, -0.2) is 8.42 Å². The second-order valence-corrected chi connectivity index (χ2v) is 11.3. The van der Waals surface area contributed by atoms with E-state index in [0.717, 1.165) is 10.8 Å². The van der Waals surface area contributed by atoms with Crippen LogP contribution in [0.1, 0.15) is 33.1 Å². The second kappa shape index (κ2) is 10.6. The van der Waals surface area contributed by atoms with Gasteiger partial charge in [-0.2, -0.15) is 4.31 Å². The Bertz CT molecular complexity index is 1310. The zero-order valence-corrected chi connectivity index (χ0v) is 20.8. The molecule has 0 radical (unpaired) electrons. The average Bonchev–Trinajstić information content (AvgIpc) is 2.84. The van der Waals surface area contributed by atoms with Crippen molar-refractivity contribution in [2.75, 3.05) is 23.7 Å². The van der Waals surface area contributed by atoms with Gasteiger partial charge in [0.05, 0.1) is 4.90 Å². The van der Waals surface area contributed by atoms with Gasteiger partial charge in [-0.05, 0) is 65.9 Å².